The first kappa shape index (κ1) is 17.5. The first-order valence-corrected chi connectivity index (χ1v) is 9.32. The third-order valence-electron chi connectivity index (χ3n) is 5.18. The molecule has 1 saturated heterocycles. The van der Waals surface area contributed by atoms with Crippen LogP contribution >= 0.6 is 0 Å². The molecule has 2 atom stereocenters. The fraction of sp³-hybridized carbons (Fsp3) is 0.333. The van der Waals surface area contributed by atoms with E-state index in [-0.39, 0.29) is 29.5 Å². The third-order valence-corrected chi connectivity index (χ3v) is 5.18. The van der Waals surface area contributed by atoms with E-state index in [4.69, 9.17) is 0 Å². The maximum atomic E-state index is 12.9. The van der Waals surface area contributed by atoms with Crippen LogP contribution in [0.1, 0.15) is 19.3 Å². The molecule has 0 bridgehead atoms. The molecule has 6 heteroatoms. The molecule has 1 saturated carbocycles. The molecule has 2 aromatic rings. The molecule has 2 aromatic carbocycles. The quantitative estimate of drug-likeness (QED) is 0.848. The van der Waals surface area contributed by atoms with E-state index in [0.29, 0.717) is 12.1 Å². The van der Waals surface area contributed by atoms with Crippen molar-refractivity contribution < 1.29 is 14.0 Å². The van der Waals surface area contributed by atoms with Crippen molar-refractivity contribution in [1.82, 2.24) is 0 Å². The Bertz CT molecular complexity index is 830. The fourth-order valence-electron chi connectivity index (χ4n) is 3.51. The van der Waals surface area contributed by atoms with Crippen molar-refractivity contribution in [3.63, 3.8) is 0 Å². The van der Waals surface area contributed by atoms with Crippen molar-refractivity contribution in [2.75, 3.05) is 28.6 Å². The number of halogens is 1. The molecule has 1 aliphatic carbocycles. The lowest BCUT2D eigenvalue weighted by atomic mass is 10.2. The summed E-state index contributed by atoms with van der Waals surface area (Å²) in [5.74, 6) is -1.34. The Hall–Kier alpha value is -2.89. The van der Waals surface area contributed by atoms with Crippen LogP contribution in [0.2, 0.25) is 0 Å². The molecule has 2 fully saturated rings. The predicted molar refractivity (Wildman–Crippen MR) is 103 cm³/mol. The minimum atomic E-state index is -0.354. The zero-order valence-corrected chi connectivity index (χ0v) is 15.0. The maximum absolute atomic E-state index is 12.9. The number of carbonyl (C=O) groups is 2. The summed E-state index contributed by atoms with van der Waals surface area (Å²) in [5, 5.41) is 5.62. The van der Waals surface area contributed by atoms with Gasteiger partial charge in [-0.05, 0) is 67.8 Å². The number of nitrogens with zero attached hydrogens (tertiary/aromatic N) is 1. The van der Waals surface area contributed by atoms with Crippen LogP contribution in [0.25, 0.3) is 0 Å². The standard InChI is InChI=1S/C21H22FN3O2/c22-14-3-5-15(6-4-14)23-20(26)18-13-19(18)21(27)24-16-7-9-17(10-8-16)25-11-1-2-12-25/h3-10,18-19H,1-2,11-13H2,(H,23,26)(H,24,27). The highest BCUT2D eigenvalue weighted by atomic mass is 19.1. The highest BCUT2D eigenvalue weighted by Crippen LogP contribution is 2.40. The predicted octanol–water partition coefficient (Wildman–Crippen LogP) is 3.64. The first-order valence-electron chi connectivity index (χ1n) is 9.32. The van der Waals surface area contributed by atoms with Gasteiger partial charge in [-0.2, -0.15) is 0 Å². The van der Waals surface area contributed by atoms with Crippen molar-refractivity contribution in [1.29, 1.82) is 0 Å². The van der Waals surface area contributed by atoms with E-state index in [9.17, 15) is 14.0 Å². The summed E-state index contributed by atoms with van der Waals surface area (Å²) in [6, 6.07) is 13.4. The number of benzene rings is 2. The van der Waals surface area contributed by atoms with Crippen LogP contribution in [0.3, 0.4) is 0 Å². The van der Waals surface area contributed by atoms with E-state index in [1.54, 1.807) is 0 Å². The van der Waals surface area contributed by atoms with E-state index in [0.717, 1.165) is 18.8 Å². The van der Waals surface area contributed by atoms with Gasteiger partial charge in [0.15, 0.2) is 0 Å². The van der Waals surface area contributed by atoms with Gasteiger partial charge in [-0.15, -0.1) is 0 Å². The number of carbonyl (C=O) groups excluding carboxylic acids is 2. The highest BCUT2D eigenvalue weighted by molar-refractivity contribution is 6.03. The monoisotopic (exact) mass is 367 g/mol. The smallest absolute Gasteiger partial charge is 0.228 e. The summed E-state index contributed by atoms with van der Waals surface area (Å²) in [7, 11) is 0. The average Bonchev–Trinajstić information content (AvgIpc) is 3.30. The van der Waals surface area contributed by atoms with E-state index in [1.165, 1.54) is 42.8 Å². The molecular formula is C21H22FN3O2. The van der Waals surface area contributed by atoms with Crippen molar-refractivity contribution in [3.05, 3.63) is 54.3 Å². The maximum Gasteiger partial charge on any atom is 0.228 e. The van der Waals surface area contributed by atoms with Crippen molar-refractivity contribution >= 4 is 28.9 Å². The number of hydrogen-bond acceptors (Lipinski definition) is 3. The van der Waals surface area contributed by atoms with E-state index < -0.39 is 0 Å². The van der Waals surface area contributed by atoms with Crippen LogP contribution in [0.4, 0.5) is 21.5 Å². The van der Waals surface area contributed by atoms with Crippen molar-refractivity contribution in [3.8, 4) is 0 Å². The van der Waals surface area contributed by atoms with Crippen LogP contribution < -0.4 is 15.5 Å². The Morgan fingerprint density at radius 2 is 1.30 bits per heavy atom. The Morgan fingerprint density at radius 1 is 0.815 bits per heavy atom. The molecule has 2 unspecified atom stereocenters. The molecule has 5 nitrogen and oxygen atoms in total. The molecule has 1 aliphatic heterocycles. The van der Waals surface area contributed by atoms with E-state index in [1.807, 2.05) is 24.3 Å². The van der Waals surface area contributed by atoms with Gasteiger partial charge in [0.1, 0.15) is 5.82 Å². The van der Waals surface area contributed by atoms with Gasteiger partial charge < -0.3 is 15.5 Å². The molecule has 0 aromatic heterocycles. The number of nitrogens with one attached hydrogen (secondary N) is 2. The van der Waals surface area contributed by atoms with Crippen LogP contribution in [0.15, 0.2) is 48.5 Å². The Kier molecular flexibility index (Phi) is 4.79. The highest BCUT2D eigenvalue weighted by Gasteiger charge is 2.48. The van der Waals surface area contributed by atoms with Gasteiger partial charge in [0.25, 0.3) is 0 Å². The zero-order valence-electron chi connectivity index (χ0n) is 15.0. The molecule has 2 N–H and O–H groups in total. The Labute approximate surface area is 157 Å². The van der Waals surface area contributed by atoms with Gasteiger partial charge in [0.05, 0.1) is 11.8 Å². The van der Waals surface area contributed by atoms with Crippen molar-refractivity contribution in [2.45, 2.75) is 19.3 Å². The molecule has 27 heavy (non-hydrogen) atoms. The SMILES string of the molecule is O=C(Nc1ccc(F)cc1)C1CC1C(=O)Nc1ccc(N2CCCC2)cc1. The lowest BCUT2D eigenvalue weighted by Crippen LogP contribution is -2.21. The third kappa shape index (κ3) is 4.10. The van der Waals surface area contributed by atoms with Gasteiger partial charge in [0, 0.05) is 30.2 Å². The van der Waals surface area contributed by atoms with E-state index in [2.05, 4.69) is 15.5 Å². The fourth-order valence-corrected chi connectivity index (χ4v) is 3.51. The molecule has 2 amide bonds. The molecule has 1 heterocycles. The summed E-state index contributed by atoms with van der Waals surface area (Å²) in [6.45, 7) is 2.16. The van der Waals surface area contributed by atoms with Gasteiger partial charge in [-0.25, -0.2) is 4.39 Å². The summed E-state index contributed by atoms with van der Waals surface area (Å²) in [6.07, 6.45) is 2.98. The second kappa shape index (κ2) is 7.39. The minimum Gasteiger partial charge on any atom is -0.372 e. The number of amides is 2. The minimum absolute atomic E-state index is 0.136. The van der Waals surface area contributed by atoms with Crippen molar-refractivity contribution in [2.24, 2.45) is 11.8 Å². The first-order chi connectivity index (χ1) is 13.1. The summed E-state index contributed by atoms with van der Waals surface area (Å²) >= 11 is 0. The number of anilines is 3. The van der Waals surface area contributed by atoms with Gasteiger partial charge in [0.2, 0.25) is 11.8 Å². The lowest BCUT2D eigenvalue weighted by Gasteiger charge is -2.17. The molecule has 140 valence electrons. The van der Waals surface area contributed by atoms with Crippen LogP contribution in [-0.4, -0.2) is 24.9 Å². The molecular weight excluding hydrogens is 345 g/mol. The molecule has 2 aliphatic rings. The van der Waals surface area contributed by atoms with Crippen LogP contribution in [-0.2, 0) is 9.59 Å². The largest absolute Gasteiger partial charge is 0.372 e. The second-order valence-corrected chi connectivity index (χ2v) is 7.18. The average molecular weight is 367 g/mol. The lowest BCUT2D eigenvalue weighted by molar-refractivity contribution is -0.122. The van der Waals surface area contributed by atoms with Crippen LogP contribution in [0.5, 0.6) is 0 Å². The van der Waals surface area contributed by atoms with Gasteiger partial charge in [-0.1, -0.05) is 0 Å². The van der Waals surface area contributed by atoms with E-state index >= 15 is 0 Å². The van der Waals surface area contributed by atoms with Gasteiger partial charge >= 0.3 is 0 Å². The topological polar surface area (TPSA) is 61.4 Å². The summed E-state index contributed by atoms with van der Waals surface area (Å²) in [5.41, 5.74) is 2.45. The molecule has 0 radical (unpaired) electrons. The normalized spacial score (nSPS) is 21.0. The number of rotatable bonds is 5. The Morgan fingerprint density at radius 3 is 1.81 bits per heavy atom. The number of hydrogen-bond donors (Lipinski definition) is 2. The zero-order chi connectivity index (χ0) is 18.8. The molecule has 4 rings (SSSR count). The molecule has 0 spiro atoms. The summed E-state index contributed by atoms with van der Waals surface area (Å²) in [4.78, 5) is 26.9. The van der Waals surface area contributed by atoms with Gasteiger partial charge in [-0.3, -0.25) is 9.59 Å². The Balaban J connectivity index is 1.29. The summed E-state index contributed by atoms with van der Waals surface area (Å²) < 4.78 is 12.9. The second-order valence-electron chi connectivity index (χ2n) is 7.18. The van der Waals surface area contributed by atoms with Crippen LogP contribution in [0, 0.1) is 17.7 Å².